The Morgan fingerprint density at radius 2 is 2.36 bits per heavy atom. The fraction of sp³-hybridized carbons (Fsp3) is 0.375. The summed E-state index contributed by atoms with van der Waals surface area (Å²) in [4.78, 5) is 4.08. The van der Waals surface area contributed by atoms with Crippen LogP contribution in [0.1, 0.15) is 11.3 Å². The van der Waals surface area contributed by atoms with Gasteiger partial charge in [-0.05, 0) is 18.6 Å². The predicted octanol–water partition coefficient (Wildman–Crippen LogP) is 1.58. The van der Waals surface area contributed by atoms with Crippen molar-refractivity contribution in [1.82, 2.24) is 4.98 Å². The van der Waals surface area contributed by atoms with Crippen molar-refractivity contribution < 1.29 is 5.11 Å². The molecule has 1 N–H and O–H groups in total. The molecule has 1 aromatic rings. The molecule has 0 atom stereocenters. The maximum atomic E-state index is 8.61. The average molecular weight is 172 g/mol. The maximum Gasteiger partial charge on any atom is 0.0625 e. The topological polar surface area (TPSA) is 33.1 Å². The number of hydrogen-bond acceptors (Lipinski definition) is 2. The smallest absolute Gasteiger partial charge is 0.0625 e. The number of aryl methyl sites for hydroxylation is 1. The lowest BCUT2D eigenvalue weighted by molar-refractivity contribution is 0.298. The van der Waals surface area contributed by atoms with E-state index in [-0.39, 0.29) is 6.61 Å². The fourth-order valence-electron chi connectivity index (χ4n) is 0.852. The highest BCUT2D eigenvalue weighted by Crippen LogP contribution is 2.14. The van der Waals surface area contributed by atoms with E-state index >= 15 is 0 Å². The SMILES string of the molecule is Cc1cnc(CCO)c(Cl)c1. The number of pyridine rings is 1. The van der Waals surface area contributed by atoms with Gasteiger partial charge in [0.05, 0.1) is 10.7 Å². The van der Waals surface area contributed by atoms with E-state index in [9.17, 15) is 0 Å². The number of aliphatic hydroxyl groups is 1. The molecule has 0 saturated carbocycles. The van der Waals surface area contributed by atoms with Crippen LogP contribution < -0.4 is 0 Å². The molecule has 1 aromatic heterocycles. The maximum absolute atomic E-state index is 8.61. The second-order valence-corrected chi connectivity index (χ2v) is 2.82. The Labute approximate surface area is 70.8 Å². The monoisotopic (exact) mass is 171 g/mol. The minimum atomic E-state index is 0.0930. The van der Waals surface area contributed by atoms with Crippen LogP contribution in [0, 0.1) is 6.92 Å². The van der Waals surface area contributed by atoms with Crippen LogP contribution in [0.25, 0.3) is 0 Å². The first kappa shape index (κ1) is 8.50. The second-order valence-electron chi connectivity index (χ2n) is 2.41. The van der Waals surface area contributed by atoms with Crippen LogP contribution in [0.4, 0.5) is 0 Å². The summed E-state index contributed by atoms with van der Waals surface area (Å²) in [6.45, 7) is 2.03. The quantitative estimate of drug-likeness (QED) is 0.733. The molecule has 1 heterocycles. The molecule has 0 unspecified atom stereocenters. The van der Waals surface area contributed by atoms with E-state index in [1.165, 1.54) is 0 Å². The Morgan fingerprint density at radius 1 is 1.64 bits per heavy atom. The number of hydrogen-bond donors (Lipinski definition) is 1. The van der Waals surface area contributed by atoms with Gasteiger partial charge in [-0.25, -0.2) is 0 Å². The normalized spacial score (nSPS) is 10.1. The molecular weight excluding hydrogens is 162 g/mol. The number of halogens is 1. The van der Waals surface area contributed by atoms with E-state index in [0.29, 0.717) is 11.4 Å². The van der Waals surface area contributed by atoms with Crippen LogP contribution in [0.5, 0.6) is 0 Å². The molecule has 3 heteroatoms. The Kier molecular flexibility index (Phi) is 2.85. The molecule has 0 spiro atoms. The summed E-state index contributed by atoms with van der Waals surface area (Å²) in [7, 11) is 0. The van der Waals surface area contributed by atoms with Gasteiger partial charge in [-0.15, -0.1) is 0 Å². The number of aliphatic hydroxyl groups excluding tert-OH is 1. The van der Waals surface area contributed by atoms with E-state index in [4.69, 9.17) is 16.7 Å². The predicted molar refractivity (Wildman–Crippen MR) is 44.8 cm³/mol. The zero-order valence-electron chi connectivity index (χ0n) is 6.34. The van der Waals surface area contributed by atoms with E-state index in [2.05, 4.69) is 4.98 Å². The first-order chi connectivity index (χ1) is 5.24. The zero-order valence-corrected chi connectivity index (χ0v) is 7.10. The molecule has 2 nitrogen and oxygen atoms in total. The van der Waals surface area contributed by atoms with Gasteiger partial charge in [0.1, 0.15) is 0 Å². The minimum Gasteiger partial charge on any atom is -0.396 e. The summed E-state index contributed by atoms with van der Waals surface area (Å²) in [5.74, 6) is 0. The lowest BCUT2D eigenvalue weighted by atomic mass is 10.2. The van der Waals surface area contributed by atoms with Gasteiger partial charge in [0.2, 0.25) is 0 Å². The van der Waals surface area contributed by atoms with Crippen LogP contribution in [-0.2, 0) is 6.42 Å². The van der Waals surface area contributed by atoms with Gasteiger partial charge < -0.3 is 5.11 Å². The molecule has 0 aromatic carbocycles. The van der Waals surface area contributed by atoms with Gasteiger partial charge in [0.25, 0.3) is 0 Å². The molecule has 0 saturated heterocycles. The van der Waals surface area contributed by atoms with Crippen molar-refractivity contribution in [3.63, 3.8) is 0 Å². The Hall–Kier alpha value is -0.600. The van der Waals surface area contributed by atoms with Gasteiger partial charge in [0, 0.05) is 19.2 Å². The van der Waals surface area contributed by atoms with Gasteiger partial charge in [0.15, 0.2) is 0 Å². The average Bonchev–Trinajstić information content (AvgIpc) is 1.95. The first-order valence-electron chi connectivity index (χ1n) is 3.46. The molecule has 0 amide bonds. The Morgan fingerprint density at radius 3 is 2.91 bits per heavy atom. The van der Waals surface area contributed by atoms with Gasteiger partial charge in [-0.3, -0.25) is 4.98 Å². The molecule has 0 aliphatic carbocycles. The van der Waals surface area contributed by atoms with Crippen molar-refractivity contribution in [1.29, 1.82) is 0 Å². The lowest BCUT2D eigenvalue weighted by Crippen LogP contribution is -1.95. The van der Waals surface area contributed by atoms with E-state index in [1.807, 2.05) is 13.0 Å². The molecule has 0 aliphatic heterocycles. The number of aromatic nitrogens is 1. The third kappa shape index (κ3) is 2.17. The minimum absolute atomic E-state index is 0.0930. The van der Waals surface area contributed by atoms with Crippen molar-refractivity contribution in [2.45, 2.75) is 13.3 Å². The molecule has 60 valence electrons. The van der Waals surface area contributed by atoms with Crippen molar-refractivity contribution >= 4 is 11.6 Å². The van der Waals surface area contributed by atoms with Crippen LogP contribution in [-0.4, -0.2) is 16.7 Å². The molecule has 11 heavy (non-hydrogen) atoms. The highest BCUT2D eigenvalue weighted by molar-refractivity contribution is 6.31. The first-order valence-corrected chi connectivity index (χ1v) is 3.83. The van der Waals surface area contributed by atoms with Crippen molar-refractivity contribution in [2.24, 2.45) is 0 Å². The summed E-state index contributed by atoms with van der Waals surface area (Å²) < 4.78 is 0. The summed E-state index contributed by atoms with van der Waals surface area (Å²) in [5.41, 5.74) is 1.80. The fourth-order valence-corrected chi connectivity index (χ4v) is 1.17. The standard InChI is InChI=1S/C8H10ClNO/c1-6-4-7(9)8(2-3-11)10-5-6/h4-5,11H,2-3H2,1H3. The molecular formula is C8H10ClNO. The van der Waals surface area contributed by atoms with Crippen molar-refractivity contribution in [2.75, 3.05) is 6.61 Å². The van der Waals surface area contributed by atoms with Crippen molar-refractivity contribution in [3.05, 3.63) is 28.5 Å². The second kappa shape index (κ2) is 3.69. The van der Waals surface area contributed by atoms with Gasteiger partial charge in [-0.2, -0.15) is 0 Å². The molecule has 0 fully saturated rings. The van der Waals surface area contributed by atoms with Gasteiger partial charge >= 0.3 is 0 Å². The Bertz CT molecular complexity index is 250. The van der Waals surface area contributed by atoms with E-state index in [1.54, 1.807) is 6.20 Å². The van der Waals surface area contributed by atoms with Crippen LogP contribution >= 0.6 is 11.6 Å². The molecule has 0 aliphatic rings. The van der Waals surface area contributed by atoms with Crippen molar-refractivity contribution in [3.8, 4) is 0 Å². The third-order valence-corrected chi connectivity index (χ3v) is 1.73. The zero-order chi connectivity index (χ0) is 8.27. The van der Waals surface area contributed by atoms with E-state index < -0.39 is 0 Å². The number of rotatable bonds is 2. The van der Waals surface area contributed by atoms with Crippen LogP contribution in [0.3, 0.4) is 0 Å². The van der Waals surface area contributed by atoms with Crippen LogP contribution in [0.2, 0.25) is 5.02 Å². The molecule has 0 radical (unpaired) electrons. The van der Waals surface area contributed by atoms with Crippen LogP contribution in [0.15, 0.2) is 12.3 Å². The molecule has 0 bridgehead atoms. The summed E-state index contributed by atoms with van der Waals surface area (Å²) in [5, 5.41) is 9.25. The highest BCUT2D eigenvalue weighted by atomic mass is 35.5. The Balaban J connectivity index is 2.90. The summed E-state index contributed by atoms with van der Waals surface area (Å²) in [6.07, 6.45) is 2.27. The molecule has 1 rings (SSSR count). The summed E-state index contributed by atoms with van der Waals surface area (Å²) >= 11 is 5.83. The lowest BCUT2D eigenvalue weighted by Gasteiger charge is -2.00. The number of nitrogens with zero attached hydrogens (tertiary/aromatic N) is 1. The largest absolute Gasteiger partial charge is 0.396 e. The van der Waals surface area contributed by atoms with Gasteiger partial charge in [-0.1, -0.05) is 11.6 Å². The summed E-state index contributed by atoms with van der Waals surface area (Å²) in [6, 6.07) is 1.85. The third-order valence-electron chi connectivity index (χ3n) is 1.40. The highest BCUT2D eigenvalue weighted by Gasteiger charge is 1.99. The van der Waals surface area contributed by atoms with E-state index in [0.717, 1.165) is 11.3 Å².